The van der Waals surface area contributed by atoms with Crippen LogP contribution < -0.4 is 10.2 Å². The maximum atomic E-state index is 13.7. The minimum Gasteiger partial charge on any atom is -0.487 e. The molecule has 0 heterocycles. The smallest absolute Gasteiger partial charge is 0.487 e. The molecule has 1 aliphatic carbocycles. The third-order valence-corrected chi connectivity index (χ3v) is 3.98. The number of halogens is 4. The predicted octanol–water partition coefficient (Wildman–Crippen LogP) is 4.23. The average Bonchev–Trinajstić information content (AvgIpc) is 2.40. The lowest BCUT2D eigenvalue weighted by Gasteiger charge is -2.31. The molecule has 2 atom stereocenters. The van der Waals surface area contributed by atoms with E-state index >= 15 is 0 Å². The third-order valence-electron chi connectivity index (χ3n) is 3.98. The van der Waals surface area contributed by atoms with Crippen molar-refractivity contribution in [2.75, 3.05) is 0 Å². The van der Waals surface area contributed by atoms with Crippen LogP contribution in [-0.2, 0) is 0 Å². The minimum absolute atomic E-state index is 0.181. The Morgan fingerprint density at radius 1 is 1.20 bits per heavy atom. The highest BCUT2D eigenvalue weighted by molar-refractivity contribution is 6.73. The van der Waals surface area contributed by atoms with Gasteiger partial charge in [0.15, 0.2) is 11.6 Å². The summed E-state index contributed by atoms with van der Waals surface area (Å²) in [7, 11) is 0. The van der Waals surface area contributed by atoms with Gasteiger partial charge in [-0.2, -0.15) is 0 Å². The molecular weight excluding hydrogens is 271 g/mol. The maximum absolute atomic E-state index is 13.7. The molecule has 0 N–H and O–H groups in total. The molecule has 2 unspecified atom stereocenters. The lowest BCUT2D eigenvalue weighted by molar-refractivity contribution is 0.0864. The molecule has 0 saturated heterocycles. The van der Waals surface area contributed by atoms with Crippen molar-refractivity contribution < 1.29 is 22.1 Å². The van der Waals surface area contributed by atoms with Crippen molar-refractivity contribution in [3.63, 3.8) is 0 Å². The second-order valence-corrected chi connectivity index (χ2v) is 5.37. The highest BCUT2D eigenvalue weighted by atomic mass is 19.4. The highest BCUT2D eigenvalue weighted by Crippen LogP contribution is 2.31. The molecular formula is C14H18BF4O-. The van der Waals surface area contributed by atoms with Gasteiger partial charge in [0, 0.05) is 0 Å². The Bertz CT molecular complexity index is 461. The van der Waals surface area contributed by atoms with Crippen molar-refractivity contribution in [2.45, 2.75) is 45.1 Å². The molecule has 1 nitrogen and oxygen atoms in total. The molecule has 20 heavy (non-hydrogen) atoms. The number of benzene rings is 1. The van der Waals surface area contributed by atoms with E-state index in [1.54, 1.807) is 0 Å². The van der Waals surface area contributed by atoms with Gasteiger partial charge in [0.2, 0.25) is 0 Å². The molecule has 1 aromatic rings. The topological polar surface area (TPSA) is 9.23 Å². The van der Waals surface area contributed by atoms with E-state index in [4.69, 9.17) is 4.74 Å². The fraction of sp³-hybridized carbons (Fsp3) is 0.571. The zero-order valence-electron chi connectivity index (χ0n) is 11.4. The summed E-state index contributed by atoms with van der Waals surface area (Å²) in [6, 6.07) is 2.39. The Labute approximate surface area is 116 Å². The quantitative estimate of drug-likeness (QED) is 0.595. The van der Waals surface area contributed by atoms with Gasteiger partial charge in [-0.15, -0.1) is 5.46 Å². The van der Waals surface area contributed by atoms with Crippen LogP contribution in [0.2, 0.25) is 0 Å². The number of hydrogen-bond donors (Lipinski definition) is 0. The molecule has 112 valence electrons. The van der Waals surface area contributed by atoms with E-state index in [0.29, 0.717) is 5.92 Å². The molecule has 0 aliphatic heterocycles. The Morgan fingerprint density at radius 2 is 1.90 bits per heavy atom. The van der Waals surface area contributed by atoms with Crippen LogP contribution in [0, 0.1) is 11.7 Å². The van der Waals surface area contributed by atoms with Crippen LogP contribution in [0.4, 0.5) is 17.3 Å². The molecule has 0 spiro atoms. The van der Waals surface area contributed by atoms with Gasteiger partial charge in [-0.1, -0.05) is 19.4 Å². The first-order chi connectivity index (χ1) is 9.41. The lowest BCUT2D eigenvalue weighted by atomic mass is 9.80. The summed E-state index contributed by atoms with van der Waals surface area (Å²) in [5, 5.41) is 0. The SMILES string of the molecule is CCC1CCCCC1Oc1cc([B-](F)(F)F)ccc1F. The van der Waals surface area contributed by atoms with Gasteiger partial charge in [-0.05, 0) is 43.7 Å². The first-order valence-electron chi connectivity index (χ1n) is 7.08. The number of hydrogen-bond acceptors (Lipinski definition) is 1. The molecule has 6 heteroatoms. The lowest BCUT2D eigenvalue weighted by Crippen LogP contribution is -2.35. The van der Waals surface area contributed by atoms with Crippen LogP contribution in [0.1, 0.15) is 39.0 Å². The van der Waals surface area contributed by atoms with E-state index in [1.165, 1.54) is 0 Å². The van der Waals surface area contributed by atoms with Gasteiger partial charge < -0.3 is 17.7 Å². The van der Waals surface area contributed by atoms with E-state index in [2.05, 4.69) is 0 Å². The van der Waals surface area contributed by atoms with Crippen molar-refractivity contribution in [1.82, 2.24) is 0 Å². The van der Waals surface area contributed by atoms with E-state index < -0.39 is 18.3 Å². The van der Waals surface area contributed by atoms with Gasteiger partial charge in [-0.25, -0.2) is 4.39 Å². The first-order valence-corrected chi connectivity index (χ1v) is 7.08. The average molecular weight is 289 g/mol. The Kier molecular flexibility index (Phi) is 4.61. The van der Waals surface area contributed by atoms with E-state index in [-0.39, 0.29) is 11.9 Å². The Balaban J connectivity index is 2.19. The summed E-state index contributed by atoms with van der Waals surface area (Å²) in [6.45, 7) is -3.11. The number of ether oxygens (including phenoxy) is 1. The number of rotatable bonds is 4. The van der Waals surface area contributed by atoms with Crippen LogP contribution >= 0.6 is 0 Å². The van der Waals surface area contributed by atoms with E-state index in [1.807, 2.05) is 6.92 Å². The van der Waals surface area contributed by atoms with Crippen LogP contribution in [-0.4, -0.2) is 13.1 Å². The maximum Gasteiger partial charge on any atom is 0.509 e. The molecule has 1 aliphatic rings. The van der Waals surface area contributed by atoms with Crippen molar-refractivity contribution in [2.24, 2.45) is 5.92 Å². The first kappa shape index (κ1) is 15.2. The summed E-state index contributed by atoms with van der Waals surface area (Å²) in [5.74, 6) is -0.704. The van der Waals surface area contributed by atoms with Gasteiger partial charge in [0.25, 0.3) is 0 Å². The van der Waals surface area contributed by atoms with E-state index in [9.17, 15) is 17.3 Å². The van der Waals surface area contributed by atoms with E-state index in [0.717, 1.165) is 50.3 Å². The second kappa shape index (κ2) is 6.06. The minimum atomic E-state index is -5.13. The molecule has 0 amide bonds. The second-order valence-electron chi connectivity index (χ2n) is 5.37. The fourth-order valence-corrected chi connectivity index (χ4v) is 2.77. The monoisotopic (exact) mass is 289 g/mol. The zero-order valence-corrected chi connectivity index (χ0v) is 11.4. The summed E-state index contributed by atoms with van der Waals surface area (Å²) in [5.41, 5.74) is -0.815. The Morgan fingerprint density at radius 3 is 2.55 bits per heavy atom. The normalized spacial score (nSPS) is 23.6. The standard InChI is InChI=1S/C14H18BF4O/c1-2-10-5-3-4-6-13(10)20-14-9-11(15(17,18)19)7-8-12(14)16/h7-10,13H,2-6H2,1H3/q-1. The van der Waals surface area contributed by atoms with Crippen LogP contribution in [0.15, 0.2) is 18.2 Å². The molecule has 0 radical (unpaired) electrons. The largest absolute Gasteiger partial charge is 0.509 e. The zero-order chi connectivity index (χ0) is 14.8. The van der Waals surface area contributed by atoms with Crippen molar-refractivity contribution >= 4 is 12.4 Å². The summed E-state index contributed by atoms with van der Waals surface area (Å²) < 4.78 is 57.3. The van der Waals surface area contributed by atoms with Crippen LogP contribution in [0.3, 0.4) is 0 Å². The molecule has 1 aromatic carbocycles. The predicted molar refractivity (Wildman–Crippen MR) is 71.8 cm³/mol. The molecule has 0 bridgehead atoms. The molecule has 0 aromatic heterocycles. The molecule has 2 rings (SSSR count). The Hall–Kier alpha value is -1.20. The van der Waals surface area contributed by atoms with Gasteiger partial charge in [0.05, 0.1) is 0 Å². The van der Waals surface area contributed by atoms with Crippen LogP contribution in [0.5, 0.6) is 5.75 Å². The van der Waals surface area contributed by atoms with Crippen molar-refractivity contribution in [3.8, 4) is 5.75 Å². The summed E-state index contributed by atoms with van der Waals surface area (Å²) in [6.07, 6.45) is 4.57. The fourth-order valence-electron chi connectivity index (χ4n) is 2.77. The summed E-state index contributed by atoms with van der Waals surface area (Å²) in [4.78, 5) is 0. The van der Waals surface area contributed by atoms with Gasteiger partial charge >= 0.3 is 6.98 Å². The van der Waals surface area contributed by atoms with Gasteiger partial charge in [0.1, 0.15) is 6.10 Å². The molecule has 1 fully saturated rings. The van der Waals surface area contributed by atoms with Crippen LogP contribution in [0.25, 0.3) is 0 Å². The van der Waals surface area contributed by atoms with Crippen molar-refractivity contribution in [1.29, 1.82) is 0 Å². The highest BCUT2D eigenvalue weighted by Gasteiger charge is 2.29. The van der Waals surface area contributed by atoms with Crippen molar-refractivity contribution in [3.05, 3.63) is 24.0 Å². The molecule has 1 saturated carbocycles. The third kappa shape index (κ3) is 3.47. The van der Waals surface area contributed by atoms with Gasteiger partial charge in [-0.3, -0.25) is 0 Å². The summed E-state index contributed by atoms with van der Waals surface area (Å²) >= 11 is 0.